The molecule has 2 rings (SSSR count). The van der Waals surface area contributed by atoms with Crippen molar-refractivity contribution < 1.29 is 9.59 Å². The van der Waals surface area contributed by atoms with Gasteiger partial charge in [0.15, 0.2) is 0 Å². The Kier molecular flexibility index (Phi) is 7.12. The molecule has 0 aliphatic heterocycles. The molecule has 0 spiro atoms. The van der Waals surface area contributed by atoms with Gasteiger partial charge in [-0.2, -0.15) is 0 Å². The maximum absolute atomic E-state index is 12.5. The first-order chi connectivity index (χ1) is 12.4. The molecule has 1 heterocycles. The molecule has 0 aliphatic rings. The molecule has 0 fully saturated rings. The molecule has 26 heavy (non-hydrogen) atoms. The SMILES string of the molecule is Cc1c(Cl)cccc1NC(=O)c1ccnc(C(=O)NCCCN(C)C)c1. The van der Waals surface area contributed by atoms with Crippen molar-refractivity contribution in [2.75, 3.05) is 32.5 Å². The highest BCUT2D eigenvalue weighted by molar-refractivity contribution is 6.31. The molecule has 7 heteroatoms. The Labute approximate surface area is 158 Å². The predicted octanol–water partition coefficient (Wildman–Crippen LogP) is 2.98. The summed E-state index contributed by atoms with van der Waals surface area (Å²) in [7, 11) is 3.96. The smallest absolute Gasteiger partial charge is 0.269 e. The van der Waals surface area contributed by atoms with Crippen LogP contribution in [0.2, 0.25) is 5.02 Å². The maximum Gasteiger partial charge on any atom is 0.269 e. The highest BCUT2D eigenvalue weighted by Crippen LogP contribution is 2.23. The molecular formula is C19H23ClN4O2. The zero-order valence-corrected chi connectivity index (χ0v) is 15.9. The van der Waals surface area contributed by atoms with E-state index in [0.29, 0.717) is 22.8 Å². The van der Waals surface area contributed by atoms with Gasteiger partial charge < -0.3 is 15.5 Å². The lowest BCUT2D eigenvalue weighted by atomic mass is 10.1. The fourth-order valence-electron chi connectivity index (χ4n) is 2.32. The third kappa shape index (κ3) is 5.54. The number of nitrogens with zero attached hydrogens (tertiary/aromatic N) is 2. The van der Waals surface area contributed by atoms with Crippen molar-refractivity contribution in [2.24, 2.45) is 0 Å². The lowest BCUT2D eigenvalue weighted by Gasteiger charge is -2.11. The van der Waals surface area contributed by atoms with Gasteiger partial charge in [0.25, 0.3) is 11.8 Å². The number of anilines is 1. The van der Waals surface area contributed by atoms with Crippen LogP contribution in [0, 0.1) is 6.92 Å². The highest BCUT2D eigenvalue weighted by Gasteiger charge is 2.13. The number of rotatable bonds is 7. The van der Waals surface area contributed by atoms with Crippen LogP contribution in [0.25, 0.3) is 0 Å². The van der Waals surface area contributed by atoms with Gasteiger partial charge in [-0.15, -0.1) is 0 Å². The average molecular weight is 375 g/mol. The lowest BCUT2D eigenvalue weighted by Crippen LogP contribution is -2.28. The van der Waals surface area contributed by atoms with Crippen molar-refractivity contribution >= 4 is 29.1 Å². The summed E-state index contributed by atoms with van der Waals surface area (Å²) in [6.07, 6.45) is 2.29. The quantitative estimate of drug-likeness (QED) is 0.731. The Hall–Kier alpha value is -2.44. The molecule has 0 atom stereocenters. The van der Waals surface area contributed by atoms with Crippen molar-refractivity contribution in [1.82, 2.24) is 15.2 Å². The third-order valence-electron chi connectivity index (χ3n) is 3.84. The summed E-state index contributed by atoms with van der Waals surface area (Å²) in [5.41, 5.74) is 1.99. The van der Waals surface area contributed by atoms with Gasteiger partial charge >= 0.3 is 0 Å². The predicted molar refractivity (Wildman–Crippen MR) is 104 cm³/mol. The largest absolute Gasteiger partial charge is 0.351 e. The number of hydrogen-bond donors (Lipinski definition) is 2. The van der Waals surface area contributed by atoms with Crippen molar-refractivity contribution in [1.29, 1.82) is 0 Å². The first kappa shape index (κ1) is 19.9. The number of pyridine rings is 1. The zero-order valence-electron chi connectivity index (χ0n) is 15.2. The van der Waals surface area contributed by atoms with Gasteiger partial charge in [0.05, 0.1) is 0 Å². The average Bonchev–Trinajstić information content (AvgIpc) is 2.62. The van der Waals surface area contributed by atoms with E-state index < -0.39 is 0 Å². The summed E-state index contributed by atoms with van der Waals surface area (Å²) >= 11 is 6.07. The summed E-state index contributed by atoms with van der Waals surface area (Å²) in [5.74, 6) is -0.614. The molecule has 2 amide bonds. The molecule has 0 saturated heterocycles. The monoisotopic (exact) mass is 374 g/mol. The Bertz CT molecular complexity index is 793. The Morgan fingerprint density at radius 2 is 1.96 bits per heavy atom. The minimum absolute atomic E-state index is 0.213. The summed E-state index contributed by atoms with van der Waals surface area (Å²) in [5, 5.41) is 6.20. The van der Waals surface area contributed by atoms with E-state index in [4.69, 9.17) is 11.6 Å². The van der Waals surface area contributed by atoms with E-state index in [1.54, 1.807) is 24.3 Å². The number of hydrogen-bond acceptors (Lipinski definition) is 4. The third-order valence-corrected chi connectivity index (χ3v) is 4.25. The van der Waals surface area contributed by atoms with E-state index >= 15 is 0 Å². The minimum atomic E-state index is -0.320. The number of carbonyl (C=O) groups excluding carboxylic acids is 2. The van der Waals surface area contributed by atoms with E-state index in [1.807, 2.05) is 25.9 Å². The van der Waals surface area contributed by atoms with Crippen LogP contribution >= 0.6 is 11.6 Å². The van der Waals surface area contributed by atoms with Crippen LogP contribution in [0.1, 0.15) is 32.8 Å². The lowest BCUT2D eigenvalue weighted by molar-refractivity contribution is 0.0947. The van der Waals surface area contributed by atoms with Crippen molar-refractivity contribution in [3.8, 4) is 0 Å². The number of aromatic nitrogens is 1. The Morgan fingerprint density at radius 1 is 1.19 bits per heavy atom. The molecule has 0 radical (unpaired) electrons. The summed E-state index contributed by atoms with van der Waals surface area (Å²) in [6.45, 7) is 3.27. The first-order valence-electron chi connectivity index (χ1n) is 8.34. The van der Waals surface area contributed by atoms with E-state index in [9.17, 15) is 9.59 Å². The molecule has 6 nitrogen and oxygen atoms in total. The van der Waals surface area contributed by atoms with E-state index in [2.05, 4.69) is 15.6 Å². The molecule has 1 aromatic carbocycles. The van der Waals surface area contributed by atoms with E-state index in [1.165, 1.54) is 12.3 Å². The normalized spacial score (nSPS) is 10.7. The minimum Gasteiger partial charge on any atom is -0.351 e. The molecule has 0 aliphatic carbocycles. The van der Waals surface area contributed by atoms with Gasteiger partial charge in [-0.1, -0.05) is 17.7 Å². The second-order valence-corrected chi connectivity index (χ2v) is 6.62. The number of amides is 2. The Balaban J connectivity index is 2.02. The summed E-state index contributed by atoms with van der Waals surface area (Å²) in [4.78, 5) is 30.8. The number of halogens is 1. The van der Waals surface area contributed by atoms with Crippen LogP contribution in [0.4, 0.5) is 5.69 Å². The van der Waals surface area contributed by atoms with Crippen molar-refractivity contribution in [3.63, 3.8) is 0 Å². The first-order valence-corrected chi connectivity index (χ1v) is 8.71. The van der Waals surface area contributed by atoms with Gasteiger partial charge in [0, 0.05) is 29.0 Å². The van der Waals surface area contributed by atoms with Crippen molar-refractivity contribution in [2.45, 2.75) is 13.3 Å². The van der Waals surface area contributed by atoms with Gasteiger partial charge in [0.2, 0.25) is 0 Å². The fourth-order valence-corrected chi connectivity index (χ4v) is 2.50. The van der Waals surface area contributed by atoms with Gasteiger partial charge in [-0.25, -0.2) is 0 Å². The summed E-state index contributed by atoms with van der Waals surface area (Å²) < 4.78 is 0. The van der Waals surface area contributed by atoms with Gasteiger partial charge in [-0.3, -0.25) is 14.6 Å². The second-order valence-electron chi connectivity index (χ2n) is 6.21. The number of nitrogens with one attached hydrogen (secondary N) is 2. The highest BCUT2D eigenvalue weighted by atomic mass is 35.5. The molecular weight excluding hydrogens is 352 g/mol. The zero-order chi connectivity index (χ0) is 19.1. The molecule has 138 valence electrons. The molecule has 0 saturated carbocycles. The fraction of sp³-hybridized carbons (Fsp3) is 0.316. The van der Waals surface area contributed by atoms with Crippen LogP contribution in [-0.2, 0) is 0 Å². The van der Waals surface area contributed by atoms with E-state index in [-0.39, 0.29) is 17.5 Å². The maximum atomic E-state index is 12.5. The number of carbonyl (C=O) groups is 2. The molecule has 0 bridgehead atoms. The van der Waals surface area contributed by atoms with Crippen molar-refractivity contribution in [3.05, 3.63) is 58.4 Å². The molecule has 0 unspecified atom stereocenters. The second kappa shape index (κ2) is 9.31. The number of benzene rings is 1. The Morgan fingerprint density at radius 3 is 2.69 bits per heavy atom. The van der Waals surface area contributed by atoms with Crippen LogP contribution < -0.4 is 10.6 Å². The van der Waals surface area contributed by atoms with Crippen LogP contribution in [0.15, 0.2) is 36.5 Å². The van der Waals surface area contributed by atoms with Gasteiger partial charge in [0.1, 0.15) is 5.69 Å². The molecule has 2 N–H and O–H groups in total. The molecule has 2 aromatic rings. The van der Waals surface area contributed by atoms with Gasteiger partial charge in [-0.05, 0) is 63.8 Å². The molecule has 1 aromatic heterocycles. The van der Waals surface area contributed by atoms with Crippen LogP contribution in [-0.4, -0.2) is 48.9 Å². The topological polar surface area (TPSA) is 74.3 Å². The van der Waals surface area contributed by atoms with Crippen LogP contribution in [0.3, 0.4) is 0 Å². The summed E-state index contributed by atoms with van der Waals surface area (Å²) in [6, 6.07) is 8.36. The standard InChI is InChI=1S/C19H23ClN4O2/c1-13-15(20)6-4-7-16(13)23-18(25)14-8-10-21-17(12-14)19(26)22-9-5-11-24(2)3/h4,6-8,10,12H,5,9,11H2,1-3H3,(H,22,26)(H,23,25). The van der Waals surface area contributed by atoms with Crippen LogP contribution in [0.5, 0.6) is 0 Å². The van der Waals surface area contributed by atoms with E-state index in [0.717, 1.165) is 18.5 Å².